The third-order valence-corrected chi connectivity index (χ3v) is 4.11. The number of carbonyl (C=O) groups is 2. The molecule has 0 atom stereocenters. The lowest BCUT2D eigenvalue weighted by Gasteiger charge is -2.06. The molecule has 0 aliphatic carbocycles. The van der Waals surface area contributed by atoms with Gasteiger partial charge in [-0.3, -0.25) is 4.79 Å². The summed E-state index contributed by atoms with van der Waals surface area (Å²) in [5.74, 6) is -0.928. The van der Waals surface area contributed by atoms with Gasteiger partial charge in [0.15, 0.2) is 11.3 Å². The molecule has 8 nitrogen and oxygen atoms in total. The number of anilines is 1. The molecule has 0 saturated carbocycles. The normalized spacial score (nSPS) is 11.4. The summed E-state index contributed by atoms with van der Waals surface area (Å²) in [5.41, 5.74) is 0.212. The van der Waals surface area contributed by atoms with Crippen molar-refractivity contribution in [2.45, 2.75) is 4.90 Å². The monoisotopic (exact) mass is 428 g/mol. The predicted molar refractivity (Wildman–Crippen MR) is 92.8 cm³/mol. The maximum absolute atomic E-state index is 11.7. The maximum atomic E-state index is 11.7. The fourth-order valence-electron chi connectivity index (χ4n) is 1.70. The molecule has 0 aliphatic heterocycles. The van der Waals surface area contributed by atoms with Crippen LogP contribution in [0.15, 0.2) is 56.5 Å². The first kappa shape index (κ1) is 18.9. The Morgan fingerprint density at radius 3 is 2.68 bits per heavy atom. The molecule has 0 spiro atoms. The van der Waals surface area contributed by atoms with Crippen LogP contribution in [0.5, 0.6) is 0 Å². The number of sulfonamides is 1. The van der Waals surface area contributed by atoms with Crippen LogP contribution in [0.1, 0.15) is 5.76 Å². The number of primary sulfonamides is 1. The quantitative estimate of drug-likeness (QED) is 0.533. The van der Waals surface area contributed by atoms with Gasteiger partial charge in [0.25, 0.3) is 5.91 Å². The number of halogens is 1. The Morgan fingerprint density at radius 1 is 1.28 bits per heavy atom. The van der Waals surface area contributed by atoms with E-state index in [2.05, 4.69) is 21.2 Å². The van der Waals surface area contributed by atoms with Crippen molar-refractivity contribution in [1.82, 2.24) is 0 Å². The number of furan rings is 1. The number of hydrogen-bond donors (Lipinski definition) is 2. The first-order valence-corrected chi connectivity index (χ1v) is 9.11. The summed E-state index contributed by atoms with van der Waals surface area (Å²) in [4.78, 5) is 23.1. The van der Waals surface area contributed by atoms with Crippen molar-refractivity contribution in [3.8, 4) is 0 Å². The minimum atomic E-state index is -3.88. The van der Waals surface area contributed by atoms with Crippen LogP contribution in [-0.2, 0) is 24.3 Å². The first-order valence-electron chi connectivity index (χ1n) is 6.77. The second-order valence-electron chi connectivity index (χ2n) is 4.70. The van der Waals surface area contributed by atoms with Gasteiger partial charge in [0.05, 0.1) is 4.90 Å². The summed E-state index contributed by atoms with van der Waals surface area (Å²) in [6, 6.07) is 8.69. The van der Waals surface area contributed by atoms with E-state index >= 15 is 0 Å². The van der Waals surface area contributed by atoms with Gasteiger partial charge in [-0.1, -0.05) is 6.07 Å². The Morgan fingerprint density at radius 2 is 2.04 bits per heavy atom. The summed E-state index contributed by atoms with van der Waals surface area (Å²) < 4.78 is 33.0. The zero-order chi connectivity index (χ0) is 18.4. The average molecular weight is 429 g/mol. The van der Waals surface area contributed by atoms with Crippen LogP contribution < -0.4 is 10.5 Å². The predicted octanol–water partition coefficient (Wildman–Crippen LogP) is 1.88. The van der Waals surface area contributed by atoms with Crippen molar-refractivity contribution in [3.05, 3.63) is 52.9 Å². The largest absolute Gasteiger partial charge is 0.452 e. The number of nitrogens with two attached hydrogens (primary N) is 1. The van der Waals surface area contributed by atoms with Gasteiger partial charge < -0.3 is 14.5 Å². The molecular formula is C15H13BrN2O6S. The van der Waals surface area contributed by atoms with Gasteiger partial charge in [0, 0.05) is 11.8 Å². The number of nitrogens with one attached hydrogen (secondary N) is 1. The standard InChI is InChI=1S/C15H13BrN2O6S/c16-13-6-4-11(24-13)5-7-15(20)23-9-14(19)18-10-2-1-3-12(8-10)25(17,21)22/h1-8H,9H2,(H,18,19)(H2,17,21,22)/b7-5+. The molecule has 0 saturated heterocycles. The SMILES string of the molecule is NS(=O)(=O)c1cccc(NC(=O)COC(=O)/C=C/c2ccc(Br)o2)c1. The van der Waals surface area contributed by atoms with E-state index in [1.807, 2.05) is 0 Å². The van der Waals surface area contributed by atoms with Crippen molar-refractivity contribution < 1.29 is 27.2 Å². The summed E-state index contributed by atoms with van der Waals surface area (Å²) in [6.45, 7) is -0.537. The molecule has 1 aromatic carbocycles. The second kappa shape index (κ2) is 8.10. The van der Waals surface area contributed by atoms with E-state index in [4.69, 9.17) is 14.3 Å². The summed E-state index contributed by atoms with van der Waals surface area (Å²) >= 11 is 3.12. The smallest absolute Gasteiger partial charge is 0.331 e. The van der Waals surface area contributed by atoms with Crippen LogP contribution in [0.2, 0.25) is 0 Å². The Hall–Kier alpha value is -2.43. The Bertz CT molecular complexity index is 920. The zero-order valence-corrected chi connectivity index (χ0v) is 15.0. The third-order valence-electron chi connectivity index (χ3n) is 2.77. The topological polar surface area (TPSA) is 129 Å². The maximum Gasteiger partial charge on any atom is 0.331 e. The van der Waals surface area contributed by atoms with Crippen LogP contribution in [0.4, 0.5) is 5.69 Å². The molecule has 1 aromatic heterocycles. The highest BCUT2D eigenvalue weighted by atomic mass is 79.9. The average Bonchev–Trinajstić information content (AvgIpc) is 2.96. The number of hydrogen-bond acceptors (Lipinski definition) is 6. The molecule has 0 unspecified atom stereocenters. The molecule has 0 radical (unpaired) electrons. The minimum absolute atomic E-state index is 0.144. The molecule has 0 fully saturated rings. The highest BCUT2D eigenvalue weighted by molar-refractivity contribution is 9.10. The third kappa shape index (κ3) is 6.18. The van der Waals surface area contributed by atoms with Gasteiger partial charge in [-0.25, -0.2) is 18.4 Å². The number of carbonyl (C=O) groups excluding carboxylic acids is 2. The van der Waals surface area contributed by atoms with Crippen LogP contribution in [-0.4, -0.2) is 26.9 Å². The van der Waals surface area contributed by atoms with Crippen LogP contribution in [0.3, 0.4) is 0 Å². The Kier molecular flexibility index (Phi) is 6.12. The fraction of sp³-hybridized carbons (Fsp3) is 0.0667. The lowest BCUT2D eigenvalue weighted by molar-refractivity contribution is -0.142. The summed E-state index contributed by atoms with van der Waals surface area (Å²) in [5, 5.41) is 7.41. The van der Waals surface area contributed by atoms with Gasteiger partial charge in [0.1, 0.15) is 5.76 Å². The molecule has 0 aliphatic rings. The number of amides is 1. The van der Waals surface area contributed by atoms with Crippen molar-refractivity contribution in [2.75, 3.05) is 11.9 Å². The lowest BCUT2D eigenvalue weighted by Crippen LogP contribution is -2.20. The van der Waals surface area contributed by atoms with Crippen LogP contribution in [0, 0.1) is 0 Å². The van der Waals surface area contributed by atoms with E-state index in [1.54, 1.807) is 12.1 Å². The second-order valence-corrected chi connectivity index (χ2v) is 7.05. The van der Waals surface area contributed by atoms with Crippen molar-refractivity contribution >= 4 is 49.6 Å². The van der Waals surface area contributed by atoms with Gasteiger partial charge in [-0.2, -0.15) is 0 Å². The van der Waals surface area contributed by atoms with E-state index in [-0.39, 0.29) is 10.6 Å². The van der Waals surface area contributed by atoms with Gasteiger partial charge in [-0.15, -0.1) is 0 Å². The zero-order valence-electron chi connectivity index (χ0n) is 12.6. The van der Waals surface area contributed by atoms with E-state index in [1.165, 1.54) is 30.3 Å². The molecule has 1 heterocycles. The Balaban J connectivity index is 1.86. The molecule has 1 amide bonds. The van der Waals surface area contributed by atoms with Gasteiger partial charge in [-0.05, 0) is 52.3 Å². The molecule has 10 heteroatoms. The Labute approximate surface area is 151 Å². The van der Waals surface area contributed by atoms with E-state index < -0.39 is 28.5 Å². The minimum Gasteiger partial charge on any atom is -0.452 e. The van der Waals surface area contributed by atoms with Crippen molar-refractivity contribution in [3.63, 3.8) is 0 Å². The molecule has 0 bridgehead atoms. The lowest BCUT2D eigenvalue weighted by atomic mass is 10.3. The highest BCUT2D eigenvalue weighted by Crippen LogP contribution is 2.15. The van der Waals surface area contributed by atoms with Gasteiger partial charge in [0.2, 0.25) is 10.0 Å². The molecule has 132 valence electrons. The van der Waals surface area contributed by atoms with Crippen LogP contribution >= 0.6 is 15.9 Å². The number of ether oxygens (including phenoxy) is 1. The van der Waals surface area contributed by atoms with E-state index in [0.29, 0.717) is 10.4 Å². The number of benzene rings is 1. The van der Waals surface area contributed by atoms with Gasteiger partial charge >= 0.3 is 5.97 Å². The summed E-state index contributed by atoms with van der Waals surface area (Å²) in [7, 11) is -3.88. The highest BCUT2D eigenvalue weighted by Gasteiger charge is 2.10. The fourth-order valence-corrected chi connectivity index (χ4v) is 2.58. The molecule has 2 aromatic rings. The van der Waals surface area contributed by atoms with E-state index in [0.717, 1.165) is 6.08 Å². The molecule has 2 rings (SSSR count). The number of rotatable bonds is 6. The summed E-state index contributed by atoms with van der Waals surface area (Å²) in [6.07, 6.45) is 2.50. The molecule has 25 heavy (non-hydrogen) atoms. The van der Waals surface area contributed by atoms with Crippen molar-refractivity contribution in [2.24, 2.45) is 5.14 Å². The van der Waals surface area contributed by atoms with E-state index in [9.17, 15) is 18.0 Å². The van der Waals surface area contributed by atoms with Crippen molar-refractivity contribution in [1.29, 1.82) is 0 Å². The number of esters is 1. The molecular weight excluding hydrogens is 416 g/mol. The van der Waals surface area contributed by atoms with Crippen LogP contribution in [0.25, 0.3) is 6.08 Å². The first-order chi connectivity index (χ1) is 11.7. The molecule has 3 N–H and O–H groups in total.